The fourth-order valence-corrected chi connectivity index (χ4v) is 3.16. The molecule has 2 aliphatic rings. The average molecular weight is 266 g/mol. The van der Waals surface area contributed by atoms with Crippen LogP contribution in [0.1, 0.15) is 52.9 Å². The molecule has 1 amide bonds. The molecule has 1 saturated heterocycles. The first kappa shape index (κ1) is 14.8. The maximum atomic E-state index is 12.5. The van der Waals surface area contributed by atoms with E-state index in [0.29, 0.717) is 29.7 Å². The fraction of sp³-hybridized carbons (Fsp3) is 0.938. The van der Waals surface area contributed by atoms with Gasteiger partial charge in [0, 0.05) is 19.0 Å². The molecule has 1 aliphatic carbocycles. The second-order valence-corrected chi connectivity index (χ2v) is 6.96. The monoisotopic (exact) mass is 266 g/mol. The normalized spacial score (nSPS) is 25.4. The molecular weight excluding hydrogens is 236 g/mol. The van der Waals surface area contributed by atoms with E-state index >= 15 is 0 Å². The van der Waals surface area contributed by atoms with Gasteiger partial charge in [-0.05, 0) is 56.5 Å². The molecule has 2 unspecified atom stereocenters. The van der Waals surface area contributed by atoms with Gasteiger partial charge in [0.05, 0.1) is 0 Å². The van der Waals surface area contributed by atoms with Gasteiger partial charge in [-0.25, -0.2) is 0 Å². The van der Waals surface area contributed by atoms with Gasteiger partial charge in [0.1, 0.15) is 0 Å². The van der Waals surface area contributed by atoms with Gasteiger partial charge in [-0.15, -0.1) is 0 Å². The quantitative estimate of drug-likeness (QED) is 0.801. The second-order valence-electron chi connectivity index (χ2n) is 6.96. The molecule has 0 aromatic carbocycles. The molecule has 0 spiro atoms. The van der Waals surface area contributed by atoms with Crippen LogP contribution in [0.3, 0.4) is 0 Å². The summed E-state index contributed by atoms with van der Waals surface area (Å²) >= 11 is 0. The lowest BCUT2D eigenvalue weighted by Crippen LogP contribution is -2.39. The van der Waals surface area contributed by atoms with Crippen molar-refractivity contribution >= 4 is 5.91 Å². The van der Waals surface area contributed by atoms with Crippen molar-refractivity contribution < 1.29 is 4.79 Å². The van der Waals surface area contributed by atoms with Crippen molar-refractivity contribution in [2.24, 2.45) is 17.8 Å². The van der Waals surface area contributed by atoms with E-state index in [-0.39, 0.29) is 0 Å². The zero-order valence-corrected chi connectivity index (χ0v) is 12.8. The lowest BCUT2D eigenvalue weighted by atomic mass is 9.85. The molecule has 0 radical (unpaired) electrons. The van der Waals surface area contributed by atoms with Crippen LogP contribution in [-0.2, 0) is 4.79 Å². The van der Waals surface area contributed by atoms with Gasteiger partial charge < -0.3 is 10.2 Å². The van der Waals surface area contributed by atoms with Crippen LogP contribution in [-0.4, -0.2) is 36.5 Å². The summed E-state index contributed by atoms with van der Waals surface area (Å²) in [5.74, 6) is 2.19. The van der Waals surface area contributed by atoms with Crippen LogP contribution >= 0.6 is 0 Å². The first-order valence-corrected chi connectivity index (χ1v) is 8.08. The Bertz CT molecular complexity index is 293. The van der Waals surface area contributed by atoms with Gasteiger partial charge >= 0.3 is 0 Å². The third kappa shape index (κ3) is 4.48. The number of piperidine rings is 1. The maximum Gasteiger partial charge on any atom is 0.223 e. The molecular formula is C16H30N2O. The Labute approximate surface area is 118 Å². The van der Waals surface area contributed by atoms with E-state index in [1.165, 1.54) is 25.7 Å². The first-order valence-electron chi connectivity index (χ1n) is 8.08. The van der Waals surface area contributed by atoms with E-state index in [4.69, 9.17) is 0 Å². The molecule has 2 rings (SSSR count). The lowest BCUT2D eigenvalue weighted by Gasteiger charge is -2.31. The SMILES string of the molecule is CC(C)CN(C(=O)CC(C)C1CCCNC1)C1CC1. The minimum absolute atomic E-state index is 0.397. The number of amides is 1. The summed E-state index contributed by atoms with van der Waals surface area (Å²) in [5.41, 5.74) is 0. The maximum absolute atomic E-state index is 12.5. The summed E-state index contributed by atoms with van der Waals surface area (Å²) in [6, 6.07) is 0.562. The number of rotatable bonds is 6. The minimum Gasteiger partial charge on any atom is -0.339 e. The van der Waals surface area contributed by atoms with Gasteiger partial charge in [0.25, 0.3) is 0 Å². The van der Waals surface area contributed by atoms with Gasteiger partial charge in [-0.1, -0.05) is 20.8 Å². The highest BCUT2D eigenvalue weighted by atomic mass is 16.2. The number of carbonyl (C=O) groups excluding carboxylic acids is 1. The second kappa shape index (κ2) is 6.74. The molecule has 1 heterocycles. The van der Waals surface area contributed by atoms with Gasteiger partial charge in [0.2, 0.25) is 5.91 Å². The number of hydrogen-bond donors (Lipinski definition) is 1. The molecule has 19 heavy (non-hydrogen) atoms. The fourth-order valence-electron chi connectivity index (χ4n) is 3.16. The van der Waals surface area contributed by atoms with Crippen LogP contribution in [0, 0.1) is 17.8 Å². The van der Waals surface area contributed by atoms with Gasteiger partial charge in [0.15, 0.2) is 0 Å². The van der Waals surface area contributed by atoms with Crippen LogP contribution in [0.2, 0.25) is 0 Å². The molecule has 3 heteroatoms. The van der Waals surface area contributed by atoms with Crippen molar-refractivity contribution in [2.45, 2.75) is 58.9 Å². The number of carbonyl (C=O) groups is 1. The Morgan fingerprint density at radius 2 is 2.00 bits per heavy atom. The smallest absolute Gasteiger partial charge is 0.223 e. The molecule has 110 valence electrons. The highest BCUT2D eigenvalue weighted by molar-refractivity contribution is 5.77. The third-order valence-electron chi connectivity index (χ3n) is 4.51. The summed E-state index contributed by atoms with van der Waals surface area (Å²) < 4.78 is 0. The van der Waals surface area contributed by atoms with Crippen molar-refractivity contribution in [3.05, 3.63) is 0 Å². The van der Waals surface area contributed by atoms with E-state index in [2.05, 4.69) is 31.0 Å². The molecule has 3 nitrogen and oxygen atoms in total. The lowest BCUT2D eigenvalue weighted by molar-refractivity contribution is -0.133. The Morgan fingerprint density at radius 3 is 2.53 bits per heavy atom. The number of nitrogens with one attached hydrogen (secondary N) is 1. The topological polar surface area (TPSA) is 32.3 Å². The zero-order valence-electron chi connectivity index (χ0n) is 12.8. The summed E-state index contributed by atoms with van der Waals surface area (Å²) in [7, 11) is 0. The molecule has 2 fully saturated rings. The predicted molar refractivity (Wildman–Crippen MR) is 78.9 cm³/mol. The molecule has 1 saturated carbocycles. The van der Waals surface area contributed by atoms with E-state index in [1.54, 1.807) is 0 Å². The molecule has 2 atom stereocenters. The average Bonchev–Trinajstić information content (AvgIpc) is 3.21. The van der Waals surface area contributed by atoms with Crippen molar-refractivity contribution in [3.8, 4) is 0 Å². The highest BCUT2D eigenvalue weighted by Crippen LogP contribution is 2.30. The largest absolute Gasteiger partial charge is 0.339 e. The van der Waals surface area contributed by atoms with E-state index in [9.17, 15) is 4.79 Å². The van der Waals surface area contributed by atoms with Crippen LogP contribution in [0.4, 0.5) is 0 Å². The number of hydrogen-bond acceptors (Lipinski definition) is 2. The summed E-state index contributed by atoms with van der Waals surface area (Å²) in [5, 5.41) is 3.46. The Kier molecular flexibility index (Phi) is 5.26. The van der Waals surface area contributed by atoms with Crippen molar-refractivity contribution in [3.63, 3.8) is 0 Å². The summed E-state index contributed by atoms with van der Waals surface area (Å²) in [4.78, 5) is 14.7. The van der Waals surface area contributed by atoms with Crippen LogP contribution in [0.25, 0.3) is 0 Å². The Hall–Kier alpha value is -0.570. The summed E-state index contributed by atoms with van der Waals surface area (Å²) in [6.07, 6.45) is 5.74. The molecule has 0 bridgehead atoms. The van der Waals surface area contributed by atoms with Crippen LogP contribution < -0.4 is 5.32 Å². The Morgan fingerprint density at radius 1 is 1.26 bits per heavy atom. The molecule has 1 aliphatic heterocycles. The van der Waals surface area contributed by atoms with Crippen molar-refractivity contribution in [1.82, 2.24) is 10.2 Å². The third-order valence-corrected chi connectivity index (χ3v) is 4.51. The highest BCUT2D eigenvalue weighted by Gasteiger charge is 2.34. The summed E-state index contributed by atoms with van der Waals surface area (Å²) in [6.45, 7) is 9.87. The van der Waals surface area contributed by atoms with Gasteiger partial charge in [-0.3, -0.25) is 4.79 Å². The van der Waals surface area contributed by atoms with Crippen molar-refractivity contribution in [2.75, 3.05) is 19.6 Å². The first-order chi connectivity index (χ1) is 9.08. The minimum atomic E-state index is 0.397. The predicted octanol–water partition coefficient (Wildman–Crippen LogP) is 2.66. The molecule has 0 aromatic rings. The zero-order chi connectivity index (χ0) is 13.8. The van der Waals surface area contributed by atoms with E-state index in [1.807, 2.05) is 0 Å². The van der Waals surface area contributed by atoms with E-state index in [0.717, 1.165) is 26.1 Å². The standard InChI is InChI=1S/C16H30N2O/c1-12(2)11-18(15-6-7-15)16(19)9-13(3)14-5-4-8-17-10-14/h12-15,17H,4-11H2,1-3H3. The van der Waals surface area contributed by atoms with Crippen LogP contribution in [0.5, 0.6) is 0 Å². The van der Waals surface area contributed by atoms with Crippen LogP contribution in [0.15, 0.2) is 0 Å². The molecule has 1 N–H and O–H groups in total. The van der Waals surface area contributed by atoms with E-state index < -0.39 is 0 Å². The van der Waals surface area contributed by atoms with Gasteiger partial charge in [-0.2, -0.15) is 0 Å². The van der Waals surface area contributed by atoms with Crippen molar-refractivity contribution in [1.29, 1.82) is 0 Å². The number of nitrogens with zero attached hydrogens (tertiary/aromatic N) is 1. The Balaban J connectivity index is 1.83. The molecule has 0 aromatic heterocycles.